The fraction of sp³-hybridized carbons (Fsp3) is 0.444. The minimum absolute atomic E-state index is 0.158. The molecule has 1 aliphatic rings. The van der Waals surface area contributed by atoms with Crippen LogP contribution in [0.1, 0.15) is 25.7 Å². The number of hydrogen-bond donors (Lipinski definition) is 2. The number of oxazole rings is 1. The Bertz CT molecular complexity index is 1060. The Kier molecular flexibility index (Phi) is 5.41. The summed E-state index contributed by atoms with van der Waals surface area (Å²) in [6.07, 6.45) is 4.69. The monoisotopic (exact) mass is 423 g/mol. The van der Waals surface area contributed by atoms with Gasteiger partial charge in [0.15, 0.2) is 11.4 Å². The highest BCUT2D eigenvalue weighted by molar-refractivity contribution is 7.90. The topological polar surface area (TPSA) is 114 Å². The summed E-state index contributed by atoms with van der Waals surface area (Å²) in [5.74, 6) is 0.0813. The third kappa shape index (κ3) is 4.35. The predicted molar refractivity (Wildman–Crippen MR) is 105 cm³/mol. The lowest BCUT2D eigenvalue weighted by atomic mass is 9.86. The summed E-state index contributed by atoms with van der Waals surface area (Å²) in [4.78, 5) is 4.33. The van der Waals surface area contributed by atoms with Crippen molar-refractivity contribution in [3.8, 4) is 0 Å². The summed E-state index contributed by atoms with van der Waals surface area (Å²) in [7, 11) is -2.30. The van der Waals surface area contributed by atoms with E-state index in [9.17, 15) is 12.8 Å². The number of benzene rings is 1. The fourth-order valence-corrected chi connectivity index (χ4v) is 4.59. The maximum atomic E-state index is 13.3. The zero-order chi connectivity index (χ0) is 20.4. The highest BCUT2D eigenvalue weighted by atomic mass is 32.2. The van der Waals surface area contributed by atoms with Crippen molar-refractivity contribution < 1.29 is 21.7 Å². The number of fused-ring (bicyclic) bond motifs is 1. The normalized spacial score (nSPS) is 20.1. The highest BCUT2D eigenvalue weighted by Gasteiger charge is 2.29. The summed E-state index contributed by atoms with van der Waals surface area (Å²) in [5, 5.41) is 7.03. The lowest BCUT2D eigenvalue weighted by Crippen LogP contribution is -2.43. The standard InChI is InChI=1S/C18H22FN5O4S/c1-20-29(25,26)24(17-8-9-27-23-17)11-12-2-5-14(6-3-12)21-18-22-15-7-4-13(19)10-16(15)28-18/h4,7-10,12,14,20H,2-3,5-6,11H2,1H3,(H,21,22). The molecule has 1 aromatic carbocycles. The molecule has 2 heterocycles. The molecule has 0 bridgehead atoms. The minimum Gasteiger partial charge on any atom is -0.423 e. The van der Waals surface area contributed by atoms with Crippen LogP contribution in [-0.4, -0.2) is 38.2 Å². The number of hydrogen-bond acceptors (Lipinski definition) is 7. The first kappa shape index (κ1) is 19.6. The minimum atomic E-state index is -3.67. The summed E-state index contributed by atoms with van der Waals surface area (Å²) in [5.41, 5.74) is 1.00. The zero-order valence-corrected chi connectivity index (χ0v) is 16.7. The van der Waals surface area contributed by atoms with Crippen LogP contribution in [-0.2, 0) is 10.2 Å². The molecule has 156 valence electrons. The van der Waals surface area contributed by atoms with Crippen LogP contribution in [0.3, 0.4) is 0 Å². The Morgan fingerprint density at radius 3 is 2.72 bits per heavy atom. The van der Waals surface area contributed by atoms with Gasteiger partial charge in [-0.15, -0.1) is 0 Å². The molecule has 3 aromatic rings. The first-order chi connectivity index (χ1) is 13.9. The van der Waals surface area contributed by atoms with Crippen LogP contribution in [0.5, 0.6) is 0 Å². The van der Waals surface area contributed by atoms with E-state index in [2.05, 4.69) is 20.2 Å². The van der Waals surface area contributed by atoms with E-state index in [0.29, 0.717) is 23.7 Å². The molecule has 0 radical (unpaired) electrons. The average Bonchev–Trinajstić information content (AvgIpc) is 3.36. The molecule has 0 atom stereocenters. The van der Waals surface area contributed by atoms with Gasteiger partial charge in [0.2, 0.25) is 0 Å². The van der Waals surface area contributed by atoms with Gasteiger partial charge in [-0.05, 0) is 43.7 Å². The van der Waals surface area contributed by atoms with E-state index in [-0.39, 0.29) is 23.6 Å². The van der Waals surface area contributed by atoms with Gasteiger partial charge in [-0.25, -0.2) is 13.4 Å². The number of anilines is 2. The van der Waals surface area contributed by atoms with Crippen molar-refractivity contribution in [3.63, 3.8) is 0 Å². The number of halogens is 1. The highest BCUT2D eigenvalue weighted by Crippen LogP contribution is 2.30. The molecule has 11 heteroatoms. The third-order valence-corrected chi connectivity index (χ3v) is 6.61. The Hall–Kier alpha value is -2.66. The molecule has 1 aliphatic carbocycles. The molecule has 0 saturated heterocycles. The van der Waals surface area contributed by atoms with Crippen molar-refractivity contribution in [2.45, 2.75) is 31.7 Å². The van der Waals surface area contributed by atoms with E-state index in [4.69, 9.17) is 8.94 Å². The fourth-order valence-electron chi connectivity index (χ4n) is 3.62. The Morgan fingerprint density at radius 1 is 1.24 bits per heavy atom. The van der Waals surface area contributed by atoms with Gasteiger partial charge in [0.05, 0.1) is 0 Å². The predicted octanol–water partition coefficient (Wildman–Crippen LogP) is 2.90. The molecule has 2 aromatic heterocycles. The smallest absolute Gasteiger partial charge is 0.302 e. The molecule has 0 amide bonds. The average molecular weight is 423 g/mol. The van der Waals surface area contributed by atoms with Gasteiger partial charge in [0.25, 0.3) is 6.01 Å². The number of nitrogens with zero attached hydrogens (tertiary/aromatic N) is 3. The van der Waals surface area contributed by atoms with Crippen LogP contribution >= 0.6 is 0 Å². The van der Waals surface area contributed by atoms with Gasteiger partial charge in [-0.2, -0.15) is 13.4 Å². The van der Waals surface area contributed by atoms with Crippen LogP contribution in [0.2, 0.25) is 0 Å². The molecule has 0 spiro atoms. The molecular weight excluding hydrogens is 401 g/mol. The Morgan fingerprint density at radius 2 is 2.03 bits per heavy atom. The molecule has 4 rings (SSSR count). The maximum absolute atomic E-state index is 13.3. The van der Waals surface area contributed by atoms with Crippen LogP contribution in [0.25, 0.3) is 11.1 Å². The summed E-state index contributed by atoms with van der Waals surface area (Å²) >= 11 is 0. The molecule has 9 nitrogen and oxygen atoms in total. The SMILES string of the molecule is CNS(=O)(=O)N(CC1CCC(Nc2nc3ccc(F)cc3o2)CC1)c1ccon1. The largest absolute Gasteiger partial charge is 0.423 e. The number of aromatic nitrogens is 2. The van der Waals surface area contributed by atoms with Gasteiger partial charge in [0.1, 0.15) is 17.6 Å². The van der Waals surface area contributed by atoms with E-state index < -0.39 is 10.2 Å². The van der Waals surface area contributed by atoms with Gasteiger partial charge in [-0.3, -0.25) is 0 Å². The lowest BCUT2D eigenvalue weighted by Gasteiger charge is -2.32. The van der Waals surface area contributed by atoms with Crippen LogP contribution in [0.4, 0.5) is 16.2 Å². The van der Waals surface area contributed by atoms with Crippen molar-refractivity contribution in [2.24, 2.45) is 5.92 Å². The zero-order valence-electron chi connectivity index (χ0n) is 15.8. The number of rotatable bonds is 7. The number of nitrogens with one attached hydrogen (secondary N) is 2. The molecule has 1 saturated carbocycles. The molecule has 29 heavy (non-hydrogen) atoms. The second kappa shape index (κ2) is 7.99. The van der Waals surface area contributed by atoms with Gasteiger partial charge < -0.3 is 14.3 Å². The Labute approximate surface area is 167 Å². The molecule has 0 aliphatic heterocycles. The first-order valence-electron chi connectivity index (χ1n) is 9.39. The van der Waals surface area contributed by atoms with E-state index in [1.807, 2.05) is 0 Å². The lowest BCUT2D eigenvalue weighted by molar-refractivity contribution is 0.340. The first-order valence-corrected chi connectivity index (χ1v) is 10.8. The Balaban J connectivity index is 1.37. The van der Waals surface area contributed by atoms with E-state index >= 15 is 0 Å². The molecule has 0 unspecified atom stereocenters. The molecular formula is C18H22FN5O4S. The van der Waals surface area contributed by atoms with Crippen LogP contribution in [0, 0.1) is 11.7 Å². The second-order valence-electron chi connectivity index (χ2n) is 7.09. The van der Waals surface area contributed by atoms with E-state index in [1.54, 1.807) is 6.07 Å². The van der Waals surface area contributed by atoms with Gasteiger partial charge in [-0.1, -0.05) is 5.16 Å². The van der Waals surface area contributed by atoms with Crippen molar-refractivity contribution in [1.82, 2.24) is 14.9 Å². The van der Waals surface area contributed by atoms with E-state index in [1.165, 1.54) is 35.8 Å². The van der Waals surface area contributed by atoms with Crippen LogP contribution in [0.15, 0.2) is 39.5 Å². The van der Waals surface area contributed by atoms with Crippen molar-refractivity contribution in [2.75, 3.05) is 23.2 Å². The van der Waals surface area contributed by atoms with E-state index in [0.717, 1.165) is 25.7 Å². The van der Waals surface area contributed by atoms with Crippen LogP contribution < -0.4 is 14.3 Å². The van der Waals surface area contributed by atoms with Crippen molar-refractivity contribution in [3.05, 3.63) is 36.3 Å². The molecule has 2 N–H and O–H groups in total. The van der Waals surface area contributed by atoms with Crippen molar-refractivity contribution in [1.29, 1.82) is 0 Å². The molecule has 1 fully saturated rings. The summed E-state index contributed by atoms with van der Waals surface area (Å²) in [6, 6.07) is 6.29. The quantitative estimate of drug-likeness (QED) is 0.601. The van der Waals surface area contributed by atoms with Gasteiger partial charge in [0, 0.05) is 31.8 Å². The van der Waals surface area contributed by atoms with Crippen molar-refractivity contribution >= 4 is 33.1 Å². The van der Waals surface area contributed by atoms with Gasteiger partial charge >= 0.3 is 10.2 Å². The summed E-state index contributed by atoms with van der Waals surface area (Å²) < 4.78 is 52.0. The summed E-state index contributed by atoms with van der Waals surface area (Å²) in [6.45, 7) is 0.324. The third-order valence-electron chi connectivity index (χ3n) is 5.18. The maximum Gasteiger partial charge on any atom is 0.302 e. The second-order valence-corrected chi connectivity index (χ2v) is 8.89.